The molecule has 3 heterocycles. The van der Waals surface area contributed by atoms with Crippen LogP contribution in [-0.4, -0.2) is 74.8 Å². The molecule has 0 radical (unpaired) electrons. The molecule has 6 nitrogen and oxygen atoms in total. The lowest BCUT2D eigenvalue weighted by molar-refractivity contribution is 0.384. The van der Waals surface area contributed by atoms with Gasteiger partial charge in [-0.1, -0.05) is 23.9 Å². The molecule has 1 aromatic carbocycles. The average Bonchev–Trinajstić information content (AvgIpc) is 3.18. The topological polar surface area (TPSA) is 37.7 Å². The number of rotatable bonds is 5. The third-order valence-electron chi connectivity index (χ3n) is 4.91. The number of likely N-dealkylation sites (N-methyl/N-ethyl adjacent to an activating group) is 1. The molecule has 7 heteroatoms. The van der Waals surface area contributed by atoms with E-state index in [2.05, 4.69) is 78.1 Å². The maximum absolute atomic E-state index is 4.79. The van der Waals surface area contributed by atoms with Gasteiger partial charge in [0.25, 0.3) is 0 Å². The first kappa shape index (κ1) is 18.1. The van der Waals surface area contributed by atoms with Gasteiger partial charge in [-0.2, -0.15) is 0 Å². The van der Waals surface area contributed by atoms with Crippen LogP contribution in [0, 0.1) is 0 Å². The molecule has 0 saturated heterocycles. The van der Waals surface area contributed by atoms with E-state index in [0.29, 0.717) is 6.67 Å². The zero-order valence-corrected chi connectivity index (χ0v) is 17.2. The first-order valence-electron chi connectivity index (χ1n) is 9.22. The van der Waals surface area contributed by atoms with E-state index in [9.17, 15) is 0 Å². The first-order chi connectivity index (χ1) is 13.0. The molecule has 0 bridgehead atoms. The molecule has 0 aliphatic carbocycles. The molecular weight excluding hydrogens is 356 g/mol. The minimum atomic E-state index is 0.689. The van der Waals surface area contributed by atoms with Crippen LogP contribution in [-0.2, 0) is 0 Å². The first-order valence-corrected chi connectivity index (χ1v) is 10.0. The monoisotopic (exact) mass is 382 g/mol. The Hall–Kier alpha value is -2.25. The number of hydrogen-bond donors (Lipinski definition) is 0. The highest BCUT2D eigenvalue weighted by molar-refractivity contribution is 8.03. The Morgan fingerprint density at radius 1 is 1.22 bits per heavy atom. The minimum absolute atomic E-state index is 0.689. The number of hydrogen-bond acceptors (Lipinski definition) is 7. The smallest absolute Gasteiger partial charge is 0.156 e. The summed E-state index contributed by atoms with van der Waals surface area (Å²) < 4.78 is 0. The van der Waals surface area contributed by atoms with Crippen LogP contribution < -0.4 is 4.90 Å². The highest BCUT2D eigenvalue weighted by Gasteiger charge is 2.30. The standard InChI is InChI=1S/C20H26N6S/c1-23(2)10-7-11-26-14-21-15(19-20(26)22-13-24(19)3)12-18-25(4)16-8-5-6-9-17(16)27-18/h5-6,8-9,12,14H,7,10-11,13H2,1-4H3/b18-12-. The zero-order chi connectivity index (χ0) is 19.0. The van der Waals surface area contributed by atoms with E-state index >= 15 is 0 Å². The van der Waals surface area contributed by atoms with Gasteiger partial charge in [0, 0.05) is 25.5 Å². The number of thioether (sulfide) groups is 1. The van der Waals surface area contributed by atoms with Crippen LogP contribution in [0.5, 0.6) is 0 Å². The number of anilines is 1. The summed E-state index contributed by atoms with van der Waals surface area (Å²) in [5, 5.41) is 1.19. The summed E-state index contributed by atoms with van der Waals surface area (Å²) in [7, 11) is 8.41. The molecular formula is C20H26N6S. The number of para-hydroxylation sites is 1. The molecule has 0 N–H and O–H groups in total. The number of allylic oxidation sites excluding steroid dienone is 1. The van der Waals surface area contributed by atoms with Crippen LogP contribution >= 0.6 is 11.8 Å². The van der Waals surface area contributed by atoms with Crippen LogP contribution in [0.25, 0.3) is 0 Å². The summed E-state index contributed by atoms with van der Waals surface area (Å²) in [6.45, 7) is 2.68. The van der Waals surface area contributed by atoms with Gasteiger partial charge >= 0.3 is 0 Å². The minimum Gasteiger partial charge on any atom is -0.350 e. The second-order valence-corrected chi connectivity index (χ2v) is 8.32. The van der Waals surface area contributed by atoms with Gasteiger partial charge in [0.05, 0.1) is 22.8 Å². The van der Waals surface area contributed by atoms with Crippen molar-refractivity contribution >= 4 is 29.6 Å². The van der Waals surface area contributed by atoms with Crippen molar-refractivity contribution in [3.63, 3.8) is 0 Å². The molecule has 0 unspecified atom stereocenters. The quantitative estimate of drug-likeness (QED) is 0.783. The van der Waals surface area contributed by atoms with Crippen molar-refractivity contribution in [2.45, 2.75) is 11.3 Å². The normalized spacial score (nSPS) is 20.1. The summed E-state index contributed by atoms with van der Waals surface area (Å²) in [6, 6.07) is 8.50. The van der Waals surface area contributed by atoms with E-state index in [0.717, 1.165) is 36.7 Å². The molecule has 3 aliphatic rings. The number of benzene rings is 1. The molecule has 0 spiro atoms. The van der Waals surface area contributed by atoms with E-state index in [1.165, 1.54) is 15.6 Å². The molecule has 4 rings (SSSR count). The molecule has 0 atom stereocenters. The van der Waals surface area contributed by atoms with Crippen LogP contribution in [0.15, 0.2) is 61.6 Å². The predicted molar refractivity (Wildman–Crippen MR) is 114 cm³/mol. The van der Waals surface area contributed by atoms with Gasteiger partial charge in [-0.15, -0.1) is 0 Å². The van der Waals surface area contributed by atoms with Crippen molar-refractivity contribution in [2.24, 2.45) is 9.98 Å². The average molecular weight is 383 g/mol. The van der Waals surface area contributed by atoms with Crippen LogP contribution in [0.4, 0.5) is 5.69 Å². The number of nitrogens with zero attached hydrogens (tertiary/aromatic N) is 6. The Kier molecular flexibility index (Phi) is 4.97. The van der Waals surface area contributed by atoms with Gasteiger partial charge in [0.1, 0.15) is 12.4 Å². The zero-order valence-electron chi connectivity index (χ0n) is 16.4. The molecule has 27 heavy (non-hydrogen) atoms. The third-order valence-corrected chi connectivity index (χ3v) is 6.08. The Balaban J connectivity index is 1.58. The fourth-order valence-corrected chi connectivity index (χ4v) is 4.55. The lowest BCUT2D eigenvalue weighted by Gasteiger charge is -2.27. The highest BCUT2D eigenvalue weighted by atomic mass is 32.2. The number of fused-ring (bicyclic) bond motifs is 2. The van der Waals surface area contributed by atoms with Crippen LogP contribution in [0.1, 0.15) is 6.42 Å². The second-order valence-electron chi connectivity index (χ2n) is 7.26. The summed E-state index contributed by atoms with van der Waals surface area (Å²) in [6.07, 6.45) is 5.21. The SMILES string of the molecule is CN(C)CCCN1C=NC(/C=C2\Sc3ccccc3N2C)=C2C1=NCN2C. The maximum Gasteiger partial charge on any atom is 0.156 e. The molecule has 0 aromatic heterocycles. The summed E-state index contributed by atoms with van der Waals surface area (Å²) in [5.74, 6) is 1.04. The van der Waals surface area contributed by atoms with Crippen LogP contribution in [0.3, 0.4) is 0 Å². The van der Waals surface area contributed by atoms with E-state index < -0.39 is 0 Å². The maximum atomic E-state index is 4.79. The Morgan fingerprint density at radius 2 is 2.04 bits per heavy atom. The van der Waals surface area contributed by atoms with Gasteiger partial charge in [-0.05, 0) is 45.3 Å². The summed E-state index contributed by atoms with van der Waals surface area (Å²) in [4.78, 5) is 19.6. The van der Waals surface area contributed by atoms with E-state index in [1.54, 1.807) is 11.8 Å². The predicted octanol–water partition coefficient (Wildman–Crippen LogP) is 2.88. The van der Waals surface area contributed by atoms with Crippen molar-refractivity contribution in [3.05, 3.63) is 46.8 Å². The van der Waals surface area contributed by atoms with E-state index in [4.69, 9.17) is 9.98 Å². The van der Waals surface area contributed by atoms with Gasteiger partial charge in [-0.25, -0.2) is 9.98 Å². The van der Waals surface area contributed by atoms with E-state index in [1.807, 2.05) is 6.34 Å². The molecule has 142 valence electrons. The van der Waals surface area contributed by atoms with Crippen molar-refractivity contribution in [1.29, 1.82) is 0 Å². The molecule has 0 fully saturated rings. The fourth-order valence-electron chi connectivity index (χ4n) is 3.46. The van der Waals surface area contributed by atoms with Crippen LogP contribution in [0.2, 0.25) is 0 Å². The van der Waals surface area contributed by atoms with E-state index in [-0.39, 0.29) is 0 Å². The number of amidine groups is 1. The van der Waals surface area contributed by atoms with Gasteiger partial charge in [0.15, 0.2) is 5.84 Å². The lowest BCUT2D eigenvalue weighted by atomic mass is 10.2. The van der Waals surface area contributed by atoms with Crippen molar-refractivity contribution in [3.8, 4) is 0 Å². The fraction of sp³-hybridized carbons (Fsp3) is 0.400. The second kappa shape index (κ2) is 7.40. The highest BCUT2D eigenvalue weighted by Crippen LogP contribution is 2.45. The van der Waals surface area contributed by atoms with Gasteiger partial charge in [-0.3, -0.25) is 0 Å². The van der Waals surface area contributed by atoms with Gasteiger partial charge < -0.3 is 19.6 Å². The Morgan fingerprint density at radius 3 is 2.81 bits per heavy atom. The van der Waals surface area contributed by atoms with Crippen molar-refractivity contribution in [2.75, 3.05) is 52.8 Å². The third kappa shape index (κ3) is 3.49. The Bertz CT molecular complexity index is 854. The molecule has 0 amide bonds. The molecule has 3 aliphatic heterocycles. The van der Waals surface area contributed by atoms with Gasteiger partial charge in [0.2, 0.25) is 0 Å². The summed E-state index contributed by atoms with van der Waals surface area (Å²) >= 11 is 1.79. The largest absolute Gasteiger partial charge is 0.350 e. The lowest BCUT2D eigenvalue weighted by Crippen LogP contribution is -2.37. The summed E-state index contributed by atoms with van der Waals surface area (Å²) in [5.41, 5.74) is 3.36. The Labute approximate surface area is 165 Å². The molecule has 0 saturated carbocycles. The molecule has 1 aromatic rings. The number of aliphatic imine (C=N–C) groups is 2. The van der Waals surface area contributed by atoms with Crippen molar-refractivity contribution in [1.82, 2.24) is 14.7 Å². The van der Waals surface area contributed by atoms with Crippen molar-refractivity contribution < 1.29 is 0 Å².